The lowest BCUT2D eigenvalue weighted by molar-refractivity contribution is -0.277. The molecule has 0 rings (SSSR count). The molecule has 4 atom stereocenters. The van der Waals surface area contributed by atoms with Gasteiger partial charge < -0.3 is 35.0 Å². The lowest BCUT2D eigenvalue weighted by Crippen LogP contribution is -2.61. The first-order chi connectivity index (χ1) is 8.76. The van der Waals surface area contributed by atoms with Crippen molar-refractivity contribution < 1.29 is 44.6 Å². The Morgan fingerprint density at radius 3 is 2.15 bits per heavy atom. The van der Waals surface area contributed by atoms with E-state index in [0.29, 0.717) is 6.08 Å². The van der Waals surface area contributed by atoms with Gasteiger partial charge in [-0.2, -0.15) is 0 Å². The maximum absolute atomic E-state index is 11.1. The fourth-order valence-corrected chi connectivity index (χ4v) is 1.21. The van der Waals surface area contributed by atoms with Crippen molar-refractivity contribution in [1.29, 1.82) is 0 Å². The van der Waals surface area contributed by atoms with Crippen molar-refractivity contribution in [3.63, 3.8) is 0 Å². The first-order valence-electron chi connectivity index (χ1n) is 5.05. The van der Waals surface area contributed by atoms with Crippen molar-refractivity contribution >= 4 is 35.0 Å². The van der Waals surface area contributed by atoms with Gasteiger partial charge in [0.25, 0.3) is 0 Å². The number of esters is 1. The summed E-state index contributed by atoms with van der Waals surface area (Å²) in [6.45, 7) is 2.09. The van der Waals surface area contributed by atoms with E-state index >= 15 is 0 Å². The lowest BCUT2D eigenvalue weighted by atomic mass is 10.00. The lowest BCUT2D eigenvalue weighted by Gasteiger charge is -2.34. The number of carbonyl (C=O) groups excluding carboxylic acids is 1. The number of carboxylic acids is 1. The Morgan fingerprint density at radius 1 is 1.35 bits per heavy atom. The van der Waals surface area contributed by atoms with Gasteiger partial charge in [-0.3, -0.25) is 0 Å². The Kier molecular flexibility index (Phi) is 9.94. The molecule has 0 bridgehead atoms. The second-order valence-corrected chi connectivity index (χ2v) is 3.49. The fraction of sp³-hybridized carbons (Fsp3) is 0.600. The number of carboxylic acid groups (broad SMARTS) is 1. The van der Waals surface area contributed by atoms with Gasteiger partial charge in [-0.1, -0.05) is 6.58 Å². The zero-order chi connectivity index (χ0) is 15.2. The van der Waals surface area contributed by atoms with E-state index in [1.807, 2.05) is 0 Å². The molecule has 20 heavy (non-hydrogen) atoms. The summed E-state index contributed by atoms with van der Waals surface area (Å²) in [6.07, 6.45) is -5.70. The molecule has 0 aromatic carbocycles. The number of aliphatic hydroxyl groups is 4. The molecule has 0 amide bonds. The van der Waals surface area contributed by atoms with Crippen molar-refractivity contribution in [2.75, 3.05) is 13.7 Å². The minimum Gasteiger partial charge on any atom is -0.476 e. The van der Waals surface area contributed by atoms with E-state index in [1.165, 1.54) is 0 Å². The van der Waals surface area contributed by atoms with Crippen LogP contribution in [0.1, 0.15) is 0 Å². The number of hydrogen-bond donors (Lipinski definition) is 5. The Hall–Kier alpha value is -0.754. The van der Waals surface area contributed by atoms with E-state index in [0.717, 1.165) is 7.11 Å². The summed E-state index contributed by atoms with van der Waals surface area (Å²) in [5, 5.41) is 45.9. The third-order valence-electron chi connectivity index (χ3n) is 2.31. The normalized spacial score (nSPS) is 17.9. The minimum atomic E-state index is -2.94. The molecule has 4 unspecified atom stereocenters. The summed E-state index contributed by atoms with van der Waals surface area (Å²) in [4.78, 5) is 22.2. The Labute approximate surface area is 130 Å². The van der Waals surface area contributed by atoms with Crippen molar-refractivity contribution in [3.05, 3.63) is 12.7 Å². The first-order valence-corrected chi connectivity index (χ1v) is 5.05. The number of hydrogen-bond acceptors (Lipinski definition) is 8. The first kappa shape index (κ1) is 21.5. The van der Waals surface area contributed by atoms with Crippen LogP contribution in [0.4, 0.5) is 0 Å². The number of methoxy groups -OCH3 is 1. The van der Waals surface area contributed by atoms with E-state index in [9.17, 15) is 19.8 Å². The number of carbonyl (C=O) groups is 2. The van der Waals surface area contributed by atoms with Crippen LogP contribution >= 0.6 is 0 Å². The molecular weight excluding hydrogens is 288 g/mol. The molecule has 0 aliphatic carbocycles. The summed E-state index contributed by atoms with van der Waals surface area (Å²) in [5.41, 5.74) is 0. The minimum absolute atomic E-state index is 0. The van der Waals surface area contributed by atoms with Gasteiger partial charge in [0.2, 0.25) is 0 Å². The molecule has 0 saturated heterocycles. The van der Waals surface area contributed by atoms with Gasteiger partial charge in [-0.05, 0) is 0 Å². The molecule has 10 heteroatoms. The van der Waals surface area contributed by atoms with Crippen LogP contribution in [0.15, 0.2) is 12.7 Å². The number of rotatable bonds is 8. The number of ether oxygens (including phenoxy) is 2. The van der Waals surface area contributed by atoms with Gasteiger partial charge in [0.05, 0.1) is 6.61 Å². The zero-order valence-corrected chi connectivity index (χ0v) is 10.1. The van der Waals surface area contributed by atoms with Crippen LogP contribution in [0.25, 0.3) is 0 Å². The highest BCUT2D eigenvalue weighted by molar-refractivity contribution is 5.86. The standard InChI is InChI=1S/C10H16O9.Mg.2H/c1-3-6(13)19-10(18-2,9(16)17)8(15)7(14)5(12)4-11;;;/h3,5,7-8,11-12,14-15H,1,4H2,2H3,(H,16,17);;;. The second-order valence-electron chi connectivity index (χ2n) is 3.49. The van der Waals surface area contributed by atoms with Gasteiger partial charge in [0.15, 0.2) is 6.10 Å². The van der Waals surface area contributed by atoms with Crippen LogP contribution in [-0.4, -0.2) is 98.3 Å². The average molecular weight is 307 g/mol. The molecule has 0 spiro atoms. The maximum Gasteiger partial charge on any atom is 0.380 e. The monoisotopic (exact) mass is 306 g/mol. The summed E-state index contributed by atoms with van der Waals surface area (Å²) in [6, 6.07) is 0. The van der Waals surface area contributed by atoms with Crippen LogP contribution < -0.4 is 0 Å². The molecule has 0 fully saturated rings. The van der Waals surface area contributed by atoms with E-state index in [4.69, 9.17) is 15.3 Å². The molecule has 0 saturated carbocycles. The Balaban J connectivity index is 0. The van der Waals surface area contributed by atoms with E-state index < -0.39 is 42.6 Å². The highest BCUT2D eigenvalue weighted by atomic mass is 24.3. The van der Waals surface area contributed by atoms with Gasteiger partial charge in [-0.25, -0.2) is 9.59 Å². The van der Waals surface area contributed by atoms with E-state index in [-0.39, 0.29) is 23.1 Å². The van der Waals surface area contributed by atoms with Gasteiger partial charge >= 0.3 is 40.8 Å². The third kappa shape index (κ3) is 4.66. The number of aliphatic hydroxyl groups excluding tert-OH is 4. The van der Waals surface area contributed by atoms with Crippen LogP contribution in [0, 0.1) is 0 Å². The van der Waals surface area contributed by atoms with Crippen LogP contribution in [0.2, 0.25) is 0 Å². The van der Waals surface area contributed by atoms with Crippen LogP contribution in [0.5, 0.6) is 0 Å². The summed E-state index contributed by atoms with van der Waals surface area (Å²) >= 11 is 0. The molecule has 5 N–H and O–H groups in total. The van der Waals surface area contributed by atoms with Crippen molar-refractivity contribution in [2.24, 2.45) is 0 Å². The van der Waals surface area contributed by atoms with Gasteiger partial charge in [-0.15, -0.1) is 0 Å². The van der Waals surface area contributed by atoms with Crippen molar-refractivity contribution in [2.45, 2.75) is 24.1 Å². The van der Waals surface area contributed by atoms with E-state index in [1.54, 1.807) is 0 Å². The molecule has 114 valence electrons. The molecule has 0 radical (unpaired) electrons. The molecule has 0 aromatic rings. The average Bonchev–Trinajstić information content (AvgIpc) is 2.41. The highest BCUT2D eigenvalue weighted by Gasteiger charge is 2.54. The third-order valence-corrected chi connectivity index (χ3v) is 2.31. The smallest absolute Gasteiger partial charge is 0.380 e. The zero-order valence-electron chi connectivity index (χ0n) is 10.1. The topological polar surface area (TPSA) is 154 Å². The predicted molar refractivity (Wildman–Crippen MR) is 67.3 cm³/mol. The van der Waals surface area contributed by atoms with Gasteiger partial charge in [0, 0.05) is 13.2 Å². The maximum atomic E-state index is 11.1. The molecule has 9 nitrogen and oxygen atoms in total. The second kappa shape index (κ2) is 9.23. The number of aliphatic carboxylic acids is 1. The Bertz CT molecular complexity index is 348. The molecule has 0 aliphatic heterocycles. The summed E-state index contributed by atoms with van der Waals surface area (Å²) in [5.74, 6) is -6.09. The van der Waals surface area contributed by atoms with Crippen molar-refractivity contribution in [3.8, 4) is 0 Å². The molecular formula is C10H18MgO9. The fourth-order valence-electron chi connectivity index (χ4n) is 1.21. The summed E-state index contributed by atoms with van der Waals surface area (Å²) in [7, 11) is 0.811. The van der Waals surface area contributed by atoms with Crippen molar-refractivity contribution in [1.82, 2.24) is 0 Å². The van der Waals surface area contributed by atoms with Crippen LogP contribution in [0.3, 0.4) is 0 Å². The largest absolute Gasteiger partial charge is 0.476 e. The van der Waals surface area contributed by atoms with Gasteiger partial charge in [0.1, 0.15) is 12.2 Å². The highest BCUT2D eigenvalue weighted by Crippen LogP contribution is 2.23. The predicted octanol–water partition coefficient (Wildman–Crippen LogP) is -3.70. The van der Waals surface area contributed by atoms with Crippen LogP contribution in [-0.2, 0) is 19.1 Å². The SMILES string of the molecule is C=CC(=O)OC(OC)(C(=O)O)C(O)C(O)C(O)CO.[MgH2]. The molecule has 0 heterocycles. The molecule has 0 aromatic heterocycles. The Morgan fingerprint density at radius 2 is 1.85 bits per heavy atom. The van der Waals surface area contributed by atoms with E-state index in [2.05, 4.69) is 16.1 Å². The summed E-state index contributed by atoms with van der Waals surface area (Å²) < 4.78 is 8.85. The quantitative estimate of drug-likeness (QED) is 0.132. The molecule has 0 aliphatic rings.